The fourth-order valence-corrected chi connectivity index (χ4v) is 2.90. The Morgan fingerprint density at radius 2 is 1.90 bits per heavy atom. The average molecular weight is 325 g/mol. The van der Waals surface area contributed by atoms with E-state index in [4.69, 9.17) is 0 Å². The molecule has 0 aliphatic carbocycles. The van der Waals surface area contributed by atoms with Crippen LogP contribution in [-0.4, -0.2) is 38.0 Å². The molecule has 2 rings (SSSR count). The highest BCUT2D eigenvalue weighted by molar-refractivity contribution is 7.12. The minimum absolute atomic E-state index is 0. The number of benzene rings is 1. The Morgan fingerprint density at radius 3 is 2.52 bits per heavy atom. The number of likely N-dealkylation sites (N-methyl/N-ethyl adjacent to an activating group) is 2. The number of nitrogens with zero attached hydrogens (tertiary/aromatic N) is 1. The van der Waals surface area contributed by atoms with Gasteiger partial charge in [0.15, 0.2) is 0 Å². The van der Waals surface area contributed by atoms with E-state index in [1.165, 1.54) is 16.9 Å². The maximum Gasteiger partial charge on any atom is 0.264 e. The van der Waals surface area contributed by atoms with Crippen molar-refractivity contribution in [3.8, 4) is 11.1 Å². The van der Waals surface area contributed by atoms with Gasteiger partial charge in [0, 0.05) is 25.7 Å². The lowest BCUT2D eigenvalue weighted by Crippen LogP contribution is -2.32. The molecule has 3 nitrogen and oxygen atoms in total. The topological polar surface area (TPSA) is 32.3 Å². The summed E-state index contributed by atoms with van der Waals surface area (Å²) in [6.45, 7) is 3.57. The van der Waals surface area contributed by atoms with Gasteiger partial charge < -0.3 is 10.2 Å². The van der Waals surface area contributed by atoms with Crippen LogP contribution in [0.15, 0.2) is 35.7 Å². The first-order valence-electron chi connectivity index (χ1n) is 6.68. The predicted octanol–water partition coefficient (Wildman–Crippen LogP) is 3.44. The highest BCUT2D eigenvalue weighted by atomic mass is 35.5. The van der Waals surface area contributed by atoms with Gasteiger partial charge in [-0.1, -0.05) is 29.8 Å². The molecule has 114 valence electrons. The van der Waals surface area contributed by atoms with Crippen LogP contribution in [0.5, 0.6) is 0 Å². The maximum atomic E-state index is 12.5. The van der Waals surface area contributed by atoms with Gasteiger partial charge in [-0.25, -0.2) is 0 Å². The number of carbonyl (C=O) groups excluding carboxylic acids is 1. The Balaban J connectivity index is 0.00000220. The molecule has 1 amide bonds. The van der Waals surface area contributed by atoms with E-state index in [0.29, 0.717) is 6.54 Å². The smallest absolute Gasteiger partial charge is 0.264 e. The summed E-state index contributed by atoms with van der Waals surface area (Å²) < 4.78 is 0. The van der Waals surface area contributed by atoms with E-state index >= 15 is 0 Å². The third kappa shape index (κ3) is 4.30. The summed E-state index contributed by atoms with van der Waals surface area (Å²) in [5, 5.41) is 5.04. The minimum Gasteiger partial charge on any atom is -0.340 e. The summed E-state index contributed by atoms with van der Waals surface area (Å²) in [6.07, 6.45) is 0. The van der Waals surface area contributed by atoms with E-state index in [1.54, 1.807) is 4.90 Å². The average Bonchev–Trinajstić information content (AvgIpc) is 2.94. The van der Waals surface area contributed by atoms with Crippen molar-refractivity contribution < 1.29 is 4.79 Å². The normalized spacial score (nSPS) is 10.0. The van der Waals surface area contributed by atoms with Crippen molar-refractivity contribution >= 4 is 29.7 Å². The van der Waals surface area contributed by atoms with Crippen LogP contribution in [0, 0.1) is 6.92 Å². The van der Waals surface area contributed by atoms with Gasteiger partial charge in [-0.05, 0) is 31.0 Å². The van der Waals surface area contributed by atoms with Gasteiger partial charge in [0.25, 0.3) is 5.91 Å². The van der Waals surface area contributed by atoms with Crippen molar-refractivity contribution in [2.24, 2.45) is 0 Å². The summed E-state index contributed by atoms with van der Waals surface area (Å²) in [6, 6.07) is 10.3. The lowest BCUT2D eigenvalue weighted by Gasteiger charge is -2.17. The van der Waals surface area contributed by atoms with E-state index in [0.717, 1.165) is 22.5 Å². The molecule has 1 heterocycles. The Bertz CT molecular complexity index is 580. The molecule has 0 bridgehead atoms. The number of nitrogens with one attached hydrogen (secondary N) is 1. The molecule has 1 aromatic carbocycles. The van der Waals surface area contributed by atoms with Crippen molar-refractivity contribution in [2.45, 2.75) is 6.92 Å². The SMILES string of the molecule is CNCCN(C)C(=O)c1sccc1-c1ccc(C)cc1.Cl. The summed E-state index contributed by atoms with van der Waals surface area (Å²) in [5.41, 5.74) is 3.35. The Hall–Kier alpha value is -1.36. The highest BCUT2D eigenvalue weighted by Crippen LogP contribution is 2.29. The molecule has 0 saturated carbocycles. The molecule has 0 aliphatic heterocycles. The van der Waals surface area contributed by atoms with Crippen LogP contribution in [-0.2, 0) is 0 Å². The number of hydrogen-bond acceptors (Lipinski definition) is 3. The van der Waals surface area contributed by atoms with Crippen LogP contribution in [0.2, 0.25) is 0 Å². The number of aryl methyl sites for hydroxylation is 1. The summed E-state index contributed by atoms with van der Waals surface area (Å²) >= 11 is 1.51. The van der Waals surface area contributed by atoms with Gasteiger partial charge >= 0.3 is 0 Å². The van der Waals surface area contributed by atoms with Gasteiger partial charge in [0.1, 0.15) is 0 Å². The molecule has 0 atom stereocenters. The first-order valence-corrected chi connectivity index (χ1v) is 7.56. The molecule has 5 heteroatoms. The lowest BCUT2D eigenvalue weighted by molar-refractivity contribution is 0.0802. The van der Waals surface area contributed by atoms with E-state index < -0.39 is 0 Å². The second-order valence-corrected chi connectivity index (χ2v) is 5.78. The first kappa shape index (κ1) is 17.7. The fourth-order valence-electron chi connectivity index (χ4n) is 1.99. The van der Waals surface area contributed by atoms with Crippen LogP contribution in [0.3, 0.4) is 0 Å². The van der Waals surface area contributed by atoms with Crippen LogP contribution in [0.4, 0.5) is 0 Å². The van der Waals surface area contributed by atoms with Gasteiger partial charge in [-0.15, -0.1) is 23.7 Å². The van der Waals surface area contributed by atoms with Gasteiger partial charge in [0.2, 0.25) is 0 Å². The van der Waals surface area contributed by atoms with Crippen molar-refractivity contribution in [3.63, 3.8) is 0 Å². The quantitative estimate of drug-likeness (QED) is 0.913. The molecule has 1 N–H and O–H groups in total. The molecule has 21 heavy (non-hydrogen) atoms. The fraction of sp³-hybridized carbons (Fsp3) is 0.312. The third-order valence-corrected chi connectivity index (χ3v) is 4.17. The van der Waals surface area contributed by atoms with E-state index in [2.05, 4.69) is 36.5 Å². The van der Waals surface area contributed by atoms with Crippen molar-refractivity contribution in [2.75, 3.05) is 27.2 Å². The van der Waals surface area contributed by atoms with Crippen molar-refractivity contribution in [1.82, 2.24) is 10.2 Å². The zero-order chi connectivity index (χ0) is 14.5. The molecule has 0 aliphatic rings. The molecular weight excluding hydrogens is 304 g/mol. The van der Waals surface area contributed by atoms with Crippen LogP contribution < -0.4 is 5.32 Å². The maximum absolute atomic E-state index is 12.5. The summed E-state index contributed by atoms with van der Waals surface area (Å²) in [4.78, 5) is 15.1. The Labute approximate surface area is 136 Å². The molecule has 1 aromatic heterocycles. The Kier molecular flexibility index (Phi) is 6.89. The van der Waals surface area contributed by atoms with Gasteiger partial charge in [0.05, 0.1) is 4.88 Å². The van der Waals surface area contributed by atoms with Gasteiger partial charge in [-0.2, -0.15) is 0 Å². The first-order chi connectivity index (χ1) is 9.63. The number of amides is 1. The summed E-state index contributed by atoms with van der Waals surface area (Å²) in [7, 11) is 3.74. The zero-order valence-electron chi connectivity index (χ0n) is 12.6. The summed E-state index contributed by atoms with van der Waals surface area (Å²) in [5.74, 6) is 0.0887. The number of carbonyl (C=O) groups is 1. The lowest BCUT2D eigenvalue weighted by atomic mass is 10.0. The van der Waals surface area contributed by atoms with E-state index in [9.17, 15) is 4.79 Å². The van der Waals surface area contributed by atoms with E-state index in [1.807, 2.05) is 25.5 Å². The molecule has 0 unspecified atom stereocenters. The molecule has 0 saturated heterocycles. The second-order valence-electron chi connectivity index (χ2n) is 4.86. The monoisotopic (exact) mass is 324 g/mol. The Morgan fingerprint density at radius 1 is 1.24 bits per heavy atom. The standard InChI is InChI=1S/C16H20N2OS.ClH/c1-12-4-6-13(7-5-12)14-8-11-20-15(14)16(19)18(3)10-9-17-2;/h4-8,11,17H,9-10H2,1-3H3;1H. The zero-order valence-corrected chi connectivity index (χ0v) is 14.2. The number of hydrogen-bond donors (Lipinski definition) is 1. The van der Waals surface area contributed by atoms with Gasteiger partial charge in [-0.3, -0.25) is 4.79 Å². The second kappa shape index (κ2) is 8.17. The highest BCUT2D eigenvalue weighted by Gasteiger charge is 2.17. The van der Waals surface area contributed by atoms with Crippen LogP contribution in [0.1, 0.15) is 15.2 Å². The van der Waals surface area contributed by atoms with Crippen molar-refractivity contribution in [1.29, 1.82) is 0 Å². The molecular formula is C16H21ClN2OS. The van der Waals surface area contributed by atoms with E-state index in [-0.39, 0.29) is 18.3 Å². The third-order valence-electron chi connectivity index (χ3n) is 3.27. The molecule has 0 spiro atoms. The van der Waals surface area contributed by atoms with Crippen LogP contribution in [0.25, 0.3) is 11.1 Å². The largest absolute Gasteiger partial charge is 0.340 e. The predicted molar refractivity (Wildman–Crippen MR) is 92.6 cm³/mol. The molecule has 0 fully saturated rings. The molecule has 0 radical (unpaired) electrons. The minimum atomic E-state index is 0. The molecule has 2 aromatic rings. The van der Waals surface area contributed by atoms with Crippen LogP contribution >= 0.6 is 23.7 Å². The van der Waals surface area contributed by atoms with Crippen molar-refractivity contribution in [3.05, 3.63) is 46.2 Å². The number of rotatable bonds is 5. The number of halogens is 1. The number of thiophene rings is 1.